The summed E-state index contributed by atoms with van der Waals surface area (Å²) in [4.78, 5) is 0. The van der Waals surface area contributed by atoms with Gasteiger partial charge in [0.15, 0.2) is 0 Å². The third kappa shape index (κ3) is 4.02. The summed E-state index contributed by atoms with van der Waals surface area (Å²) in [6, 6.07) is 7.12. The van der Waals surface area contributed by atoms with Crippen LogP contribution in [0.25, 0.3) is 0 Å². The Hall–Kier alpha value is -0.510. The summed E-state index contributed by atoms with van der Waals surface area (Å²) >= 11 is 2.40. The van der Waals surface area contributed by atoms with Crippen LogP contribution in [0.15, 0.2) is 30.4 Å². The molecule has 2 heteroatoms. The molecule has 1 unspecified atom stereocenters. The van der Waals surface area contributed by atoms with Crippen molar-refractivity contribution in [2.24, 2.45) is 0 Å². The number of hydrogen-bond donors (Lipinski definition) is 1. The molecule has 0 spiro atoms. The van der Waals surface area contributed by atoms with Crippen molar-refractivity contribution in [1.29, 1.82) is 0 Å². The number of aryl methyl sites for hydroxylation is 1. The first kappa shape index (κ1) is 12.9. The van der Waals surface area contributed by atoms with Gasteiger partial charge in [0.1, 0.15) is 0 Å². The first-order valence-electron chi connectivity index (χ1n) is 6.45. The highest BCUT2D eigenvalue weighted by molar-refractivity contribution is 14.1. The molecule has 0 amide bonds. The van der Waals surface area contributed by atoms with Crippen molar-refractivity contribution in [2.75, 3.05) is 5.32 Å². The van der Waals surface area contributed by atoms with Crippen LogP contribution in [-0.4, -0.2) is 6.04 Å². The van der Waals surface area contributed by atoms with Gasteiger partial charge in [-0.25, -0.2) is 0 Å². The number of nitrogens with one attached hydrogen (secondary N) is 1. The second-order valence-electron chi connectivity index (χ2n) is 4.78. The van der Waals surface area contributed by atoms with Gasteiger partial charge < -0.3 is 5.32 Å². The van der Waals surface area contributed by atoms with Gasteiger partial charge in [-0.1, -0.05) is 31.1 Å². The minimum Gasteiger partial charge on any atom is -0.379 e. The van der Waals surface area contributed by atoms with Gasteiger partial charge in [0.2, 0.25) is 0 Å². The molecule has 1 N–H and O–H groups in total. The lowest BCUT2D eigenvalue weighted by atomic mass is 10.0. The maximum atomic E-state index is 3.63. The van der Waals surface area contributed by atoms with E-state index in [1.54, 1.807) is 0 Å². The van der Waals surface area contributed by atoms with Crippen molar-refractivity contribution in [3.05, 3.63) is 39.5 Å². The molecular formula is C15H20IN. The van der Waals surface area contributed by atoms with Crippen LogP contribution < -0.4 is 5.32 Å². The van der Waals surface area contributed by atoms with Crippen LogP contribution in [0.1, 0.15) is 37.7 Å². The normalized spacial score (nSPS) is 22.6. The Morgan fingerprint density at radius 2 is 2.12 bits per heavy atom. The zero-order chi connectivity index (χ0) is 12.1. The average molecular weight is 341 g/mol. The van der Waals surface area contributed by atoms with Gasteiger partial charge in [-0.05, 0) is 66.5 Å². The highest BCUT2D eigenvalue weighted by atomic mass is 127. The van der Waals surface area contributed by atoms with Gasteiger partial charge in [0.25, 0.3) is 0 Å². The van der Waals surface area contributed by atoms with Crippen molar-refractivity contribution >= 4 is 28.3 Å². The summed E-state index contributed by atoms with van der Waals surface area (Å²) in [6.07, 6.45) is 11.2. The molecule has 0 radical (unpaired) electrons. The second kappa shape index (κ2) is 6.43. The summed E-state index contributed by atoms with van der Waals surface area (Å²) < 4.78 is 1.34. The molecule has 17 heavy (non-hydrogen) atoms. The smallest absolute Gasteiger partial charge is 0.0444 e. The topological polar surface area (TPSA) is 12.0 Å². The monoisotopic (exact) mass is 341 g/mol. The summed E-state index contributed by atoms with van der Waals surface area (Å²) in [5.74, 6) is 0. The van der Waals surface area contributed by atoms with E-state index >= 15 is 0 Å². The van der Waals surface area contributed by atoms with Crippen molar-refractivity contribution < 1.29 is 0 Å². The van der Waals surface area contributed by atoms with E-state index in [1.807, 2.05) is 0 Å². The summed E-state index contributed by atoms with van der Waals surface area (Å²) in [7, 11) is 0. The third-order valence-corrected chi connectivity index (χ3v) is 4.44. The van der Waals surface area contributed by atoms with E-state index in [-0.39, 0.29) is 0 Å². The Labute approximate surface area is 118 Å². The Bertz CT molecular complexity index is 398. The van der Waals surface area contributed by atoms with E-state index in [2.05, 4.69) is 65.2 Å². The molecule has 1 aromatic carbocycles. The van der Waals surface area contributed by atoms with Crippen LogP contribution in [0, 0.1) is 10.5 Å². The molecule has 1 aliphatic carbocycles. The summed E-state index contributed by atoms with van der Waals surface area (Å²) in [5, 5.41) is 3.63. The van der Waals surface area contributed by atoms with Crippen molar-refractivity contribution in [3.8, 4) is 0 Å². The number of anilines is 1. The van der Waals surface area contributed by atoms with Gasteiger partial charge in [0, 0.05) is 15.3 Å². The third-order valence-electron chi connectivity index (χ3n) is 3.28. The molecule has 0 bridgehead atoms. The first-order valence-corrected chi connectivity index (χ1v) is 7.53. The molecule has 92 valence electrons. The largest absolute Gasteiger partial charge is 0.379 e. The highest BCUT2D eigenvalue weighted by Crippen LogP contribution is 2.20. The lowest BCUT2D eigenvalue weighted by molar-refractivity contribution is 0.610. The van der Waals surface area contributed by atoms with E-state index in [0.717, 1.165) is 0 Å². The van der Waals surface area contributed by atoms with E-state index in [9.17, 15) is 0 Å². The van der Waals surface area contributed by atoms with Gasteiger partial charge in [-0.2, -0.15) is 0 Å². The van der Waals surface area contributed by atoms with E-state index < -0.39 is 0 Å². The second-order valence-corrected chi connectivity index (χ2v) is 5.94. The Kier molecular flexibility index (Phi) is 4.89. The van der Waals surface area contributed by atoms with Crippen LogP contribution >= 0.6 is 22.6 Å². The van der Waals surface area contributed by atoms with E-state index in [0.29, 0.717) is 6.04 Å². The number of hydrogen-bond acceptors (Lipinski definition) is 1. The van der Waals surface area contributed by atoms with Crippen LogP contribution in [0.2, 0.25) is 0 Å². The molecule has 0 aromatic heterocycles. The molecule has 1 aromatic rings. The number of halogens is 1. The zero-order valence-electron chi connectivity index (χ0n) is 10.4. The van der Waals surface area contributed by atoms with E-state index in [4.69, 9.17) is 0 Å². The zero-order valence-corrected chi connectivity index (χ0v) is 12.5. The maximum absolute atomic E-state index is 3.63. The predicted octanol–water partition coefficient (Wildman–Crippen LogP) is 4.90. The fourth-order valence-electron chi connectivity index (χ4n) is 2.18. The fraction of sp³-hybridized carbons (Fsp3) is 0.467. The van der Waals surface area contributed by atoms with Crippen LogP contribution in [0.4, 0.5) is 5.69 Å². The minimum atomic E-state index is 0.508. The highest BCUT2D eigenvalue weighted by Gasteiger charge is 2.07. The van der Waals surface area contributed by atoms with Gasteiger partial charge in [-0.3, -0.25) is 0 Å². The predicted molar refractivity (Wildman–Crippen MR) is 83.5 cm³/mol. The maximum Gasteiger partial charge on any atom is 0.0444 e. The fourth-order valence-corrected chi connectivity index (χ4v) is 2.69. The van der Waals surface area contributed by atoms with E-state index in [1.165, 1.54) is 46.9 Å². The summed E-state index contributed by atoms with van der Waals surface area (Å²) in [5.41, 5.74) is 2.60. The molecule has 0 fully saturated rings. The molecule has 0 aliphatic heterocycles. The lowest BCUT2D eigenvalue weighted by Gasteiger charge is -2.18. The number of allylic oxidation sites excluding steroid dienone is 1. The molecule has 0 saturated carbocycles. The van der Waals surface area contributed by atoms with Gasteiger partial charge in [-0.15, -0.1) is 0 Å². The minimum absolute atomic E-state index is 0.508. The lowest BCUT2D eigenvalue weighted by Crippen LogP contribution is -2.17. The molecule has 2 rings (SSSR count). The number of rotatable bonds is 2. The Morgan fingerprint density at radius 3 is 2.94 bits per heavy atom. The van der Waals surface area contributed by atoms with Crippen LogP contribution in [0.3, 0.4) is 0 Å². The van der Waals surface area contributed by atoms with Gasteiger partial charge >= 0.3 is 0 Å². The standard InChI is InChI=1S/C15H20IN/c1-12-9-10-14(11-15(12)16)17-13-7-5-3-2-4-6-8-13/h5,7,9-11,13,17H,2-4,6,8H2,1H3/b7-5+. The number of benzene rings is 1. The molecular weight excluding hydrogens is 321 g/mol. The molecule has 1 nitrogen and oxygen atoms in total. The van der Waals surface area contributed by atoms with Crippen molar-refractivity contribution in [2.45, 2.75) is 45.1 Å². The van der Waals surface area contributed by atoms with Gasteiger partial charge in [0.05, 0.1) is 0 Å². The quantitative estimate of drug-likeness (QED) is 0.596. The Balaban J connectivity index is 2.03. The molecule has 1 atom stereocenters. The van der Waals surface area contributed by atoms with Crippen LogP contribution in [-0.2, 0) is 0 Å². The SMILES string of the molecule is Cc1ccc(NC2/C=C/CCCCC2)cc1I. The molecule has 0 heterocycles. The average Bonchev–Trinajstić information content (AvgIpc) is 2.27. The van der Waals surface area contributed by atoms with Crippen LogP contribution in [0.5, 0.6) is 0 Å². The Morgan fingerprint density at radius 1 is 1.24 bits per heavy atom. The van der Waals surface area contributed by atoms with Crippen molar-refractivity contribution in [1.82, 2.24) is 0 Å². The first-order chi connectivity index (χ1) is 8.25. The molecule has 1 aliphatic rings. The van der Waals surface area contributed by atoms with Crippen molar-refractivity contribution in [3.63, 3.8) is 0 Å². The summed E-state index contributed by atoms with van der Waals surface area (Å²) in [6.45, 7) is 2.15. The molecule has 0 saturated heterocycles.